The van der Waals surface area contributed by atoms with Crippen molar-refractivity contribution in [3.05, 3.63) is 29.8 Å². The Bertz CT molecular complexity index is 349. The van der Waals surface area contributed by atoms with E-state index < -0.39 is 0 Å². The Hall–Kier alpha value is -1.44. The van der Waals surface area contributed by atoms with Gasteiger partial charge in [-0.15, -0.1) is 0 Å². The van der Waals surface area contributed by atoms with Crippen LogP contribution in [-0.2, 0) is 0 Å². The molecule has 0 radical (unpaired) electrons. The lowest BCUT2D eigenvalue weighted by molar-refractivity contribution is 0.450. The average Bonchev–Trinajstić information content (AvgIpc) is 2.31. The fourth-order valence-electron chi connectivity index (χ4n) is 1.98. The number of hydrogen-bond donors (Lipinski definition) is 2. The van der Waals surface area contributed by atoms with E-state index in [9.17, 15) is 10.2 Å². The molecule has 0 heterocycles. The standard InChI is InChI=1S/C16H24O2/c1-2-3-4-5-6-7-8-9-10-14-11-15(17)13-16(18)12-14/h9-13,17-18H,2-8H2,1H3/b10-9+. The van der Waals surface area contributed by atoms with Crippen LogP contribution >= 0.6 is 0 Å². The highest BCUT2D eigenvalue weighted by Crippen LogP contribution is 2.21. The lowest BCUT2D eigenvalue weighted by Crippen LogP contribution is -1.78. The quantitative estimate of drug-likeness (QED) is 0.645. The largest absolute Gasteiger partial charge is 0.508 e. The van der Waals surface area contributed by atoms with Gasteiger partial charge < -0.3 is 10.2 Å². The zero-order chi connectivity index (χ0) is 13.2. The number of phenols is 2. The van der Waals surface area contributed by atoms with Gasteiger partial charge in [-0.25, -0.2) is 0 Å². The van der Waals surface area contributed by atoms with Crippen molar-refractivity contribution < 1.29 is 10.2 Å². The summed E-state index contributed by atoms with van der Waals surface area (Å²) >= 11 is 0. The molecular weight excluding hydrogens is 224 g/mol. The highest BCUT2D eigenvalue weighted by atomic mass is 16.3. The first kappa shape index (κ1) is 14.6. The molecule has 0 atom stereocenters. The molecule has 1 rings (SSSR count). The van der Waals surface area contributed by atoms with Crippen LogP contribution in [0.3, 0.4) is 0 Å². The summed E-state index contributed by atoms with van der Waals surface area (Å²) < 4.78 is 0. The molecule has 100 valence electrons. The van der Waals surface area contributed by atoms with E-state index in [4.69, 9.17) is 0 Å². The molecule has 0 aliphatic heterocycles. The molecule has 0 amide bonds. The third-order valence-electron chi connectivity index (χ3n) is 2.96. The van der Waals surface area contributed by atoms with Gasteiger partial charge in [0.25, 0.3) is 0 Å². The van der Waals surface area contributed by atoms with Gasteiger partial charge in [-0.05, 0) is 30.5 Å². The van der Waals surface area contributed by atoms with Crippen LogP contribution in [0.2, 0.25) is 0 Å². The minimum absolute atomic E-state index is 0.106. The van der Waals surface area contributed by atoms with Crippen LogP contribution in [-0.4, -0.2) is 10.2 Å². The molecular formula is C16H24O2. The Balaban J connectivity index is 2.20. The van der Waals surface area contributed by atoms with Crippen LogP contribution in [0.4, 0.5) is 0 Å². The van der Waals surface area contributed by atoms with Gasteiger partial charge in [0.05, 0.1) is 0 Å². The summed E-state index contributed by atoms with van der Waals surface area (Å²) in [6, 6.07) is 4.64. The molecule has 1 aromatic rings. The Labute approximate surface area is 110 Å². The SMILES string of the molecule is CCCCCCCC/C=C/c1cc(O)cc(O)c1. The second-order valence-electron chi connectivity index (χ2n) is 4.74. The molecule has 0 unspecified atom stereocenters. The number of benzene rings is 1. The van der Waals surface area contributed by atoms with Gasteiger partial charge in [-0.1, -0.05) is 51.2 Å². The third kappa shape index (κ3) is 6.33. The zero-order valence-electron chi connectivity index (χ0n) is 11.2. The van der Waals surface area contributed by atoms with E-state index in [1.165, 1.54) is 44.6 Å². The number of unbranched alkanes of at least 4 members (excludes halogenated alkanes) is 6. The van der Waals surface area contributed by atoms with Crippen molar-refractivity contribution in [2.24, 2.45) is 0 Å². The summed E-state index contributed by atoms with van der Waals surface area (Å²) in [5.74, 6) is 0.212. The number of allylic oxidation sites excluding steroid dienone is 1. The maximum absolute atomic E-state index is 9.32. The van der Waals surface area contributed by atoms with E-state index in [1.54, 1.807) is 12.1 Å². The topological polar surface area (TPSA) is 40.5 Å². The second-order valence-corrected chi connectivity index (χ2v) is 4.74. The highest BCUT2D eigenvalue weighted by Gasteiger charge is 1.95. The number of phenolic OH excluding ortho intramolecular Hbond substituents is 2. The van der Waals surface area contributed by atoms with E-state index in [0.29, 0.717) is 0 Å². The van der Waals surface area contributed by atoms with E-state index >= 15 is 0 Å². The summed E-state index contributed by atoms with van der Waals surface area (Å²) in [5.41, 5.74) is 0.846. The van der Waals surface area contributed by atoms with E-state index in [2.05, 4.69) is 13.0 Å². The summed E-state index contributed by atoms with van der Waals surface area (Å²) in [5, 5.41) is 18.6. The van der Waals surface area contributed by atoms with Crippen LogP contribution in [0.15, 0.2) is 24.3 Å². The van der Waals surface area contributed by atoms with Gasteiger partial charge in [0.2, 0.25) is 0 Å². The number of aromatic hydroxyl groups is 2. The van der Waals surface area contributed by atoms with Gasteiger partial charge >= 0.3 is 0 Å². The molecule has 2 nitrogen and oxygen atoms in total. The van der Waals surface area contributed by atoms with Crippen LogP contribution in [0.1, 0.15) is 57.4 Å². The Morgan fingerprint density at radius 2 is 1.50 bits per heavy atom. The molecule has 0 aliphatic carbocycles. The summed E-state index contributed by atoms with van der Waals surface area (Å²) in [6.07, 6.45) is 12.9. The van der Waals surface area contributed by atoms with Crippen LogP contribution < -0.4 is 0 Å². The van der Waals surface area contributed by atoms with Gasteiger partial charge in [-0.2, -0.15) is 0 Å². The molecule has 0 spiro atoms. The first-order chi connectivity index (χ1) is 8.72. The van der Waals surface area contributed by atoms with Gasteiger partial charge in [0.15, 0.2) is 0 Å². The number of rotatable bonds is 8. The van der Waals surface area contributed by atoms with Crippen molar-refractivity contribution in [2.75, 3.05) is 0 Å². The molecule has 18 heavy (non-hydrogen) atoms. The number of hydrogen-bond acceptors (Lipinski definition) is 2. The fourth-order valence-corrected chi connectivity index (χ4v) is 1.98. The first-order valence-corrected chi connectivity index (χ1v) is 6.92. The zero-order valence-corrected chi connectivity index (χ0v) is 11.2. The predicted molar refractivity (Wildman–Crippen MR) is 76.8 cm³/mol. The van der Waals surface area contributed by atoms with Gasteiger partial charge in [0.1, 0.15) is 11.5 Å². The molecule has 0 saturated carbocycles. The average molecular weight is 248 g/mol. The molecule has 0 saturated heterocycles. The minimum atomic E-state index is 0.106. The highest BCUT2D eigenvalue weighted by molar-refractivity contribution is 5.54. The normalized spacial score (nSPS) is 11.2. The summed E-state index contributed by atoms with van der Waals surface area (Å²) in [7, 11) is 0. The van der Waals surface area contributed by atoms with Crippen molar-refractivity contribution in [3.8, 4) is 11.5 Å². The monoisotopic (exact) mass is 248 g/mol. The molecule has 1 aromatic carbocycles. The summed E-state index contributed by atoms with van der Waals surface area (Å²) in [6.45, 7) is 2.23. The minimum Gasteiger partial charge on any atom is -0.508 e. The van der Waals surface area contributed by atoms with E-state index in [1.807, 2.05) is 6.08 Å². The maximum atomic E-state index is 9.32. The molecule has 2 heteroatoms. The van der Waals surface area contributed by atoms with Crippen molar-refractivity contribution >= 4 is 6.08 Å². The van der Waals surface area contributed by atoms with Gasteiger partial charge in [0, 0.05) is 6.07 Å². The summed E-state index contributed by atoms with van der Waals surface area (Å²) in [4.78, 5) is 0. The molecule has 0 aliphatic rings. The lowest BCUT2D eigenvalue weighted by Gasteiger charge is -1.99. The Morgan fingerprint density at radius 1 is 0.889 bits per heavy atom. The molecule has 0 bridgehead atoms. The van der Waals surface area contributed by atoms with Crippen molar-refractivity contribution in [1.29, 1.82) is 0 Å². The Morgan fingerprint density at radius 3 is 2.17 bits per heavy atom. The van der Waals surface area contributed by atoms with E-state index in [0.717, 1.165) is 12.0 Å². The van der Waals surface area contributed by atoms with Crippen LogP contribution in [0, 0.1) is 0 Å². The second kappa shape index (κ2) is 8.62. The van der Waals surface area contributed by atoms with Crippen molar-refractivity contribution in [3.63, 3.8) is 0 Å². The maximum Gasteiger partial charge on any atom is 0.119 e. The van der Waals surface area contributed by atoms with E-state index in [-0.39, 0.29) is 11.5 Å². The first-order valence-electron chi connectivity index (χ1n) is 6.92. The van der Waals surface area contributed by atoms with Crippen molar-refractivity contribution in [2.45, 2.75) is 51.9 Å². The molecule has 0 fully saturated rings. The molecule has 0 aromatic heterocycles. The van der Waals surface area contributed by atoms with Crippen LogP contribution in [0.25, 0.3) is 6.08 Å². The van der Waals surface area contributed by atoms with Gasteiger partial charge in [-0.3, -0.25) is 0 Å². The van der Waals surface area contributed by atoms with Crippen LogP contribution in [0.5, 0.6) is 11.5 Å². The van der Waals surface area contributed by atoms with Crippen molar-refractivity contribution in [1.82, 2.24) is 0 Å². The fraction of sp³-hybridized carbons (Fsp3) is 0.500. The lowest BCUT2D eigenvalue weighted by atomic mass is 10.1. The smallest absolute Gasteiger partial charge is 0.119 e. The molecule has 2 N–H and O–H groups in total. The Kier molecular flexibility index (Phi) is 7.00. The third-order valence-corrected chi connectivity index (χ3v) is 2.96. The predicted octanol–water partition coefficient (Wildman–Crippen LogP) is 4.86.